The first-order chi connectivity index (χ1) is 10.8. The van der Waals surface area contributed by atoms with Gasteiger partial charge in [-0.05, 0) is 35.3 Å². The van der Waals surface area contributed by atoms with Gasteiger partial charge in [-0.25, -0.2) is 0 Å². The van der Waals surface area contributed by atoms with Crippen molar-refractivity contribution >= 4 is 0 Å². The van der Waals surface area contributed by atoms with Crippen molar-refractivity contribution in [1.82, 2.24) is 4.90 Å². The van der Waals surface area contributed by atoms with E-state index in [4.69, 9.17) is 4.74 Å². The van der Waals surface area contributed by atoms with Gasteiger partial charge in [0.05, 0.1) is 0 Å². The molecule has 1 N–H and O–H groups in total. The Labute approximate surface area is 141 Å². The quantitative estimate of drug-likeness (QED) is 0.898. The molecule has 3 heteroatoms. The lowest BCUT2D eigenvalue weighted by molar-refractivity contribution is 0.0424. The van der Waals surface area contributed by atoms with Crippen molar-refractivity contribution in [2.45, 2.75) is 52.6 Å². The first-order valence-electron chi connectivity index (χ1n) is 8.88. The zero-order valence-corrected chi connectivity index (χ0v) is 15.4. The summed E-state index contributed by atoms with van der Waals surface area (Å²) in [6, 6.07) is 8.14. The topological polar surface area (TPSA) is 32.7 Å². The van der Waals surface area contributed by atoms with E-state index in [1.54, 1.807) is 0 Å². The fourth-order valence-electron chi connectivity index (χ4n) is 3.69. The molecule has 0 unspecified atom stereocenters. The van der Waals surface area contributed by atoms with Crippen molar-refractivity contribution in [2.24, 2.45) is 11.8 Å². The summed E-state index contributed by atoms with van der Waals surface area (Å²) in [6.45, 7) is 14.4. The van der Waals surface area contributed by atoms with Crippen LogP contribution in [0.3, 0.4) is 0 Å². The van der Waals surface area contributed by atoms with E-state index >= 15 is 0 Å². The molecule has 1 aromatic carbocycles. The number of hydrogen-bond acceptors (Lipinski definition) is 3. The second-order valence-corrected chi connectivity index (χ2v) is 8.38. The molecule has 1 aliphatic rings. The Bertz CT molecular complexity index is 485. The van der Waals surface area contributed by atoms with Gasteiger partial charge in [0.2, 0.25) is 0 Å². The fraction of sp³-hybridized carbons (Fsp3) is 0.700. The summed E-state index contributed by atoms with van der Waals surface area (Å²) < 4.78 is 5.94. The van der Waals surface area contributed by atoms with E-state index in [9.17, 15) is 5.11 Å². The van der Waals surface area contributed by atoms with Crippen molar-refractivity contribution in [3.05, 3.63) is 29.8 Å². The molecule has 0 spiro atoms. The second kappa shape index (κ2) is 7.67. The van der Waals surface area contributed by atoms with Gasteiger partial charge in [0.25, 0.3) is 0 Å². The summed E-state index contributed by atoms with van der Waals surface area (Å²) in [5, 5.41) is 10.4. The molecular weight excluding hydrogens is 286 g/mol. The lowest BCUT2D eigenvalue weighted by atomic mass is 9.86. The molecule has 130 valence electrons. The van der Waals surface area contributed by atoms with E-state index < -0.39 is 6.10 Å². The summed E-state index contributed by atoms with van der Waals surface area (Å²) in [5.41, 5.74) is 1.23. The van der Waals surface area contributed by atoms with Crippen LogP contribution in [0.25, 0.3) is 0 Å². The maximum atomic E-state index is 10.4. The Balaban J connectivity index is 1.89. The number of aliphatic hydroxyl groups is 1. The number of aliphatic hydroxyl groups excluding tert-OH is 1. The lowest BCUT2D eigenvalue weighted by Crippen LogP contribution is -2.44. The third-order valence-electron chi connectivity index (χ3n) is 4.54. The number of rotatable bonds is 5. The van der Waals surface area contributed by atoms with Gasteiger partial charge in [0.15, 0.2) is 0 Å². The zero-order chi connectivity index (χ0) is 17.0. The molecule has 0 amide bonds. The van der Waals surface area contributed by atoms with Gasteiger partial charge in [-0.3, -0.25) is 0 Å². The van der Waals surface area contributed by atoms with Gasteiger partial charge >= 0.3 is 0 Å². The molecule has 3 atom stereocenters. The first-order valence-corrected chi connectivity index (χ1v) is 8.88. The number of para-hydroxylation sites is 1. The van der Waals surface area contributed by atoms with Crippen LogP contribution < -0.4 is 4.74 Å². The minimum Gasteiger partial charge on any atom is -0.491 e. The molecule has 1 heterocycles. The van der Waals surface area contributed by atoms with Crippen LogP contribution in [0.2, 0.25) is 0 Å². The van der Waals surface area contributed by atoms with Crippen molar-refractivity contribution in [2.75, 3.05) is 26.2 Å². The van der Waals surface area contributed by atoms with Crippen LogP contribution >= 0.6 is 0 Å². The van der Waals surface area contributed by atoms with Crippen molar-refractivity contribution < 1.29 is 9.84 Å². The molecule has 1 aromatic rings. The van der Waals surface area contributed by atoms with Crippen molar-refractivity contribution in [1.29, 1.82) is 0 Å². The molecule has 0 aromatic heterocycles. The highest BCUT2D eigenvalue weighted by molar-refractivity contribution is 5.38. The molecular formula is C20H33NO2. The number of hydrogen-bond donors (Lipinski definition) is 1. The second-order valence-electron chi connectivity index (χ2n) is 8.38. The number of ether oxygens (including phenoxy) is 1. The summed E-state index contributed by atoms with van der Waals surface area (Å²) in [4.78, 5) is 2.38. The van der Waals surface area contributed by atoms with Crippen LogP contribution in [-0.4, -0.2) is 42.4 Å². The molecule has 2 rings (SSSR count). The van der Waals surface area contributed by atoms with Gasteiger partial charge in [-0.15, -0.1) is 0 Å². The third-order valence-corrected chi connectivity index (χ3v) is 4.54. The molecule has 1 saturated heterocycles. The summed E-state index contributed by atoms with van der Waals surface area (Å²) >= 11 is 0. The van der Waals surface area contributed by atoms with Crippen LogP contribution in [0.15, 0.2) is 24.3 Å². The van der Waals surface area contributed by atoms with E-state index in [2.05, 4.69) is 45.6 Å². The average molecular weight is 319 g/mol. The number of likely N-dealkylation sites (tertiary alicyclic amines) is 1. The van der Waals surface area contributed by atoms with Crippen LogP contribution in [-0.2, 0) is 5.41 Å². The van der Waals surface area contributed by atoms with Crippen molar-refractivity contribution in [3.63, 3.8) is 0 Å². The van der Waals surface area contributed by atoms with E-state index in [0.29, 0.717) is 25.0 Å². The van der Waals surface area contributed by atoms with Gasteiger partial charge in [0.1, 0.15) is 18.5 Å². The number of benzene rings is 1. The Kier molecular flexibility index (Phi) is 6.10. The number of nitrogens with zero attached hydrogens (tertiary/aromatic N) is 1. The molecule has 3 nitrogen and oxygen atoms in total. The Morgan fingerprint density at radius 2 is 1.78 bits per heavy atom. The van der Waals surface area contributed by atoms with Gasteiger partial charge in [0, 0.05) is 19.6 Å². The van der Waals surface area contributed by atoms with E-state index in [1.165, 1.54) is 12.0 Å². The summed E-state index contributed by atoms with van der Waals surface area (Å²) in [6.07, 6.45) is 0.850. The third kappa shape index (κ3) is 5.50. The highest BCUT2D eigenvalue weighted by Gasteiger charge is 2.24. The SMILES string of the molecule is C[C@@H]1C[C@@H](C)CN(C[C@@H](O)COc2ccccc2C(C)(C)C)C1. The van der Waals surface area contributed by atoms with Gasteiger partial charge < -0.3 is 14.7 Å². The van der Waals surface area contributed by atoms with Crippen LogP contribution in [0.1, 0.15) is 46.6 Å². The predicted molar refractivity (Wildman–Crippen MR) is 96.0 cm³/mol. The predicted octanol–water partition coefficient (Wildman–Crippen LogP) is 3.70. The van der Waals surface area contributed by atoms with Crippen LogP contribution in [0.4, 0.5) is 0 Å². The van der Waals surface area contributed by atoms with Crippen LogP contribution in [0, 0.1) is 11.8 Å². The largest absolute Gasteiger partial charge is 0.491 e. The molecule has 0 aliphatic carbocycles. The van der Waals surface area contributed by atoms with Crippen LogP contribution in [0.5, 0.6) is 5.75 Å². The maximum absolute atomic E-state index is 10.4. The highest BCUT2D eigenvalue weighted by atomic mass is 16.5. The lowest BCUT2D eigenvalue weighted by Gasteiger charge is -2.36. The average Bonchev–Trinajstić information content (AvgIpc) is 2.43. The van der Waals surface area contributed by atoms with Gasteiger partial charge in [-0.2, -0.15) is 0 Å². The minimum atomic E-state index is -0.444. The smallest absolute Gasteiger partial charge is 0.123 e. The van der Waals surface area contributed by atoms with E-state index in [-0.39, 0.29) is 5.41 Å². The maximum Gasteiger partial charge on any atom is 0.123 e. The Morgan fingerprint density at radius 1 is 1.17 bits per heavy atom. The monoisotopic (exact) mass is 319 g/mol. The molecule has 0 saturated carbocycles. The molecule has 23 heavy (non-hydrogen) atoms. The number of β-amino-alcohol motifs (C(OH)–C–C–N with tert-alkyl or cyclic N) is 1. The standard InChI is InChI=1S/C20H33NO2/c1-15-10-16(2)12-21(11-15)13-17(22)14-23-19-9-7-6-8-18(19)20(3,4)5/h6-9,15-17,22H,10-14H2,1-5H3/t15-,16-,17-/m1/s1. The molecule has 1 aliphatic heterocycles. The Hall–Kier alpha value is -1.06. The summed E-state index contributed by atoms with van der Waals surface area (Å²) in [5.74, 6) is 2.32. The molecule has 0 radical (unpaired) electrons. The zero-order valence-electron chi connectivity index (χ0n) is 15.4. The highest BCUT2D eigenvalue weighted by Crippen LogP contribution is 2.31. The Morgan fingerprint density at radius 3 is 2.39 bits per heavy atom. The minimum absolute atomic E-state index is 0.0410. The normalized spacial score (nSPS) is 24.4. The van der Waals surface area contributed by atoms with E-state index in [0.717, 1.165) is 18.8 Å². The molecule has 0 bridgehead atoms. The van der Waals surface area contributed by atoms with Gasteiger partial charge in [-0.1, -0.05) is 52.8 Å². The number of piperidine rings is 1. The summed E-state index contributed by atoms with van der Waals surface area (Å²) in [7, 11) is 0. The molecule has 1 fully saturated rings. The first kappa shape index (κ1) is 18.3. The van der Waals surface area contributed by atoms with E-state index in [1.807, 2.05) is 18.2 Å². The fourth-order valence-corrected chi connectivity index (χ4v) is 3.69. The van der Waals surface area contributed by atoms with Crippen molar-refractivity contribution in [3.8, 4) is 5.75 Å².